The van der Waals surface area contributed by atoms with Gasteiger partial charge in [-0.2, -0.15) is 0 Å². The van der Waals surface area contributed by atoms with Gasteiger partial charge in [0.2, 0.25) is 0 Å². The van der Waals surface area contributed by atoms with Crippen LogP contribution in [0.1, 0.15) is 36.6 Å². The van der Waals surface area contributed by atoms with Gasteiger partial charge in [-0.15, -0.1) is 0 Å². The lowest BCUT2D eigenvalue weighted by molar-refractivity contribution is -0.0865. The number of rotatable bonds is 0. The molecule has 0 spiro atoms. The predicted molar refractivity (Wildman–Crippen MR) is 91.1 cm³/mol. The van der Waals surface area contributed by atoms with Crippen LogP contribution in [0.25, 0.3) is 6.08 Å². The first kappa shape index (κ1) is 14.7. The van der Waals surface area contributed by atoms with E-state index in [0.717, 1.165) is 16.9 Å². The predicted octanol–water partition coefficient (Wildman–Crippen LogP) is 3.29. The molecule has 0 radical (unpaired) electrons. The zero-order valence-corrected chi connectivity index (χ0v) is 13.9. The summed E-state index contributed by atoms with van der Waals surface area (Å²) >= 11 is 0. The summed E-state index contributed by atoms with van der Waals surface area (Å²) in [6, 6.07) is 8.52. The normalized spacial score (nSPS) is 27.1. The number of phenolic OH excluding ortho intramolecular Hbond substituents is 1. The van der Waals surface area contributed by atoms with E-state index < -0.39 is 11.7 Å². The average molecular weight is 338 g/mol. The second kappa shape index (κ2) is 4.49. The van der Waals surface area contributed by atoms with Gasteiger partial charge in [0.05, 0.1) is 5.56 Å². The van der Waals surface area contributed by atoms with Crippen molar-refractivity contribution in [3.63, 3.8) is 0 Å². The molecule has 2 aromatic carbocycles. The molecule has 1 unspecified atom stereocenters. The van der Waals surface area contributed by atoms with Crippen LogP contribution in [0.3, 0.4) is 0 Å². The van der Waals surface area contributed by atoms with Crippen LogP contribution in [0.4, 0.5) is 0 Å². The number of ether oxygens (including phenoxy) is 3. The number of aliphatic hydroxyl groups is 1. The van der Waals surface area contributed by atoms with Gasteiger partial charge in [0.1, 0.15) is 35.2 Å². The Morgan fingerprint density at radius 2 is 1.96 bits per heavy atom. The highest BCUT2D eigenvalue weighted by molar-refractivity contribution is 5.70. The van der Waals surface area contributed by atoms with E-state index in [1.54, 1.807) is 12.1 Å². The molecule has 0 saturated heterocycles. The van der Waals surface area contributed by atoms with E-state index >= 15 is 0 Å². The summed E-state index contributed by atoms with van der Waals surface area (Å²) in [5.74, 6) is 2.02. The van der Waals surface area contributed by atoms with E-state index in [-0.39, 0.29) is 18.0 Å². The highest BCUT2D eigenvalue weighted by Crippen LogP contribution is 2.56. The van der Waals surface area contributed by atoms with E-state index in [9.17, 15) is 10.2 Å². The third-order valence-corrected chi connectivity index (χ3v) is 5.04. The van der Waals surface area contributed by atoms with Gasteiger partial charge in [-0.3, -0.25) is 0 Å². The van der Waals surface area contributed by atoms with Crippen LogP contribution >= 0.6 is 0 Å². The Bertz CT molecular complexity index is 930. The molecule has 5 nitrogen and oxygen atoms in total. The number of hydrogen-bond acceptors (Lipinski definition) is 5. The molecule has 128 valence electrons. The van der Waals surface area contributed by atoms with Gasteiger partial charge in [-0.1, -0.05) is 0 Å². The van der Waals surface area contributed by atoms with Crippen molar-refractivity contribution >= 4 is 6.08 Å². The van der Waals surface area contributed by atoms with Crippen LogP contribution in [0.5, 0.6) is 23.0 Å². The molecule has 0 fully saturated rings. The quantitative estimate of drug-likeness (QED) is 0.771. The van der Waals surface area contributed by atoms with Crippen molar-refractivity contribution in [3.8, 4) is 23.0 Å². The number of hydrogen-bond donors (Lipinski definition) is 2. The molecule has 5 heteroatoms. The Kier molecular flexibility index (Phi) is 2.63. The minimum Gasteiger partial charge on any atom is -0.508 e. The molecule has 0 aromatic heterocycles. The fourth-order valence-corrected chi connectivity index (χ4v) is 3.80. The second-order valence-corrected chi connectivity index (χ2v) is 7.33. The van der Waals surface area contributed by atoms with E-state index in [2.05, 4.69) is 0 Å². The van der Waals surface area contributed by atoms with Crippen molar-refractivity contribution in [1.29, 1.82) is 0 Å². The zero-order chi connectivity index (χ0) is 17.4. The molecule has 3 aliphatic rings. The molecule has 2 atom stereocenters. The van der Waals surface area contributed by atoms with Crippen molar-refractivity contribution in [2.24, 2.45) is 0 Å². The minimum absolute atomic E-state index is 0.0795. The summed E-state index contributed by atoms with van der Waals surface area (Å²) in [6.07, 6.45) is 3.40. The minimum atomic E-state index is -1.28. The number of fused-ring (bicyclic) bond motifs is 7. The van der Waals surface area contributed by atoms with Crippen LogP contribution in [0, 0.1) is 0 Å². The van der Waals surface area contributed by atoms with Crippen molar-refractivity contribution in [2.75, 3.05) is 6.61 Å². The lowest BCUT2D eigenvalue weighted by atomic mass is 9.83. The molecular weight excluding hydrogens is 320 g/mol. The number of aromatic hydroxyl groups is 1. The maximum absolute atomic E-state index is 11.2. The molecule has 0 aliphatic carbocycles. The average Bonchev–Trinajstić information content (AvgIpc) is 2.85. The van der Waals surface area contributed by atoms with Gasteiger partial charge in [0.15, 0.2) is 11.7 Å². The largest absolute Gasteiger partial charge is 0.508 e. The molecule has 5 rings (SSSR count). The van der Waals surface area contributed by atoms with Gasteiger partial charge >= 0.3 is 0 Å². The number of benzene rings is 2. The fraction of sp³-hybridized carbons (Fsp3) is 0.300. The van der Waals surface area contributed by atoms with E-state index in [1.165, 1.54) is 6.07 Å². The first-order valence-electron chi connectivity index (χ1n) is 8.28. The summed E-state index contributed by atoms with van der Waals surface area (Å²) < 4.78 is 18.0. The Morgan fingerprint density at radius 3 is 2.80 bits per heavy atom. The van der Waals surface area contributed by atoms with Crippen LogP contribution in [-0.4, -0.2) is 22.4 Å². The van der Waals surface area contributed by atoms with Crippen molar-refractivity contribution in [3.05, 3.63) is 53.1 Å². The molecule has 0 amide bonds. The summed E-state index contributed by atoms with van der Waals surface area (Å²) in [7, 11) is 0. The summed E-state index contributed by atoms with van der Waals surface area (Å²) in [5.41, 5.74) is 0.626. The Hall–Kier alpha value is -2.66. The van der Waals surface area contributed by atoms with Crippen molar-refractivity contribution in [1.82, 2.24) is 0 Å². The maximum atomic E-state index is 11.2. The third kappa shape index (κ3) is 1.93. The second-order valence-electron chi connectivity index (χ2n) is 7.33. The van der Waals surface area contributed by atoms with Crippen LogP contribution in [-0.2, 0) is 5.60 Å². The van der Waals surface area contributed by atoms with Crippen LogP contribution < -0.4 is 14.2 Å². The molecule has 2 aromatic rings. The highest BCUT2D eigenvalue weighted by Gasteiger charge is 2.53. The third-order valence-electron chi connectivity index (χ3n) is 5.04. The van der Waals surface area contributed by atoms with Gasteiger partial charge < -0.3 is 24.4 Å². The molecule has 25 heavy (non-hydrogen) atoms. The van der Waals surface area contributed by atoms with Crippen LogP contribution in [0.2, 0.25) is 0 Å². The summed E-state index contributed by atoms with van der Waals surface area (Å²) in [6.45, 7) is 4.07. The summed E-state index contributed by atoms with van der Waals surface area (Å²) in [5, 5.41) is 20.9. The van der Waals surface area contributed by atoms with Crippen molar-refractivity contribution < 1.29 is 24.4 Å². The molecule has 0 saturated carbocycles. The van der Waals surface area contributed by atoms with E-state index in [1.807, 2.05) is 38.1 Å². The van der Waals surface area contributed by atoms with Gasteiger partial charge in [-0.05, 0) is 50.3 Å². The van der Waals surface area contributed by atoms with Crippen molar-refractivity contribution in [2.45, 2.75) is 31.2 Å². The molecule has 3 aliphatic heterocycles. The van der Waals surface area contributed by atoms with Gasteiger partial charge in [-0.25, -0.2) is 0 Å². The zero-order valence-electron chi connectivity index (χ0n) is 13.9. The molecule has 3 heterocycles. The lowest BCUT2D eigenvalue weighted by Crippen LogP contribution is -2.41. The monoisotopic (exact) mass is 338 g/mol. The number of phenols is 1. The van der Waals surface area contributed by atoms with Crippen LogP contribution in [0.15, 0.2) is 36.4 Å². The topological polar surface area (TPSA) is 68.2 Å². The Balaban J connectivity index is 1.64. The first-order valence-corrected chi connectivity index (χ1v) is 8.28. The maximum Gasteiger partial charge on any atom is 0.168 e. The SMILES string of the molecule is CC1(C)C=Cc2c(ccc3c2OC[C@@]2(O)c4ccc(O)cc4OC32)O1. The highest BCUT2D eigenvalue weighted by atomic mass is 16.5. The van der Waals surface area contributed by atoms with E-state index in [0.29, 0.717) is 17.1 Å². The Morgan fingerprint density at radius 1 is 1.12 bits per heavy atom. The summed E-state index contributed by atoms with van der Waals surface area (Å²) in [4.78, 5) is 0. The standard InChI is InChI=1S/C20H18O5/c1-19(2)8-7-12-15(25-19)6-4-13-17(12)23-10-20(22)14-5-3-11(21)9-16(14)24-18(13)20/h3-9,18,21-22H,10H2,1-2H3/t18?,20-/m1/s1. The lowest BCUT2D eigenvalue weighted by Gasteiger charge is -2.37. The fourth-order valence-electron chi connectivity index (χ4n) is 3.80. The Labute approximate surface area is 145 Å². The van der Waals surface area contributed by atoms with E-state index in [4.69, 9.17) is 14.2 Å². The van der Waals surface area contributed by atoms with Gasteiger partial charge in [0, 0.05) is 17.2 Å². The molecular formula is C20H18O5. The molecule has 0 bridgehead atoms. The molecule has 2 N–H and O–H groups in total. The van der Waals surface area contributed by atoms with Gasteiger partial charge in [0.25, 0.3) is 0 Å². The smallest absolute Gasteiger partial charge is 0.168 e. The first-order chi connectivity index (χ1) is 11.9.